The monoisotopic (exact) mass is 226 g/mol. The molecule has 4 atom stereocenters. The van der Waals surface area contributed by atoms with Gasteiger partial charge in [0.05, 0.1) is 6.10 Å². The zero-order chi connectivity index (χ0) is 11.5. The van der Waals surface area contributed by atoms with E-state index in [9.17, 15) is 0 Å². The van der Waals surface area contributed by atoms with Crippen LogP contribution >= 0.6 is 0 Å². The molecule has 1 aliphatic carbocycles. The molecule has 2 aliphatic rings. The molecule has 0 aromatic heterocycles. The van der Waals surface area contributed by atoms with Gasteiger partial charge in [0.2, 0.25) is 0 Å². The second kappa shape index (κ2) is 5.48. The predicted octanol–water partition coefficient (Wildman–Crippen LogP) is 1.47. The highest BCUT2D eigenvalue weighted by molar-refractivity contribution is 4.84. The summed E-state index contributed by atoms with van der Waals surface area (Å²) in [6.07, 6.45) is 5.48. The topological polar surface area (TPSA) is 38.5 Å². The van der Waals surface area contributed by atoms with Crippen LogP contribution in [-0.2, 0) is 4.74 Å². The Hall–Kier alpha value is -0.120. The molecule has 2 rings (SSSR count). The number of piperidine rings is 1. The van der Waals surface area contributed by atoms with Gasteiger partial charge in [-0.2, -0.15) is 0 Å². The van der Waals surface area contributed by atoms with E-state index in [4.69, 9.17) is 10.5 Å². The number of likely N-dealkylation sites (tertiary alicyclic amines) is 1. The van der Waals surface area contributed by atoms with Crippen molar-refractivity contribution in [2.45, 2.75) is 44.8 Å². The highest BCUT2D eigenvalue weighted by Crippen LogP contribution is 2.27. The van der Waals surface area contributed by atoms with Crippen molar-refractivity contribution in [2.75, 3.05) is 26.7 Å². The van der Waals surface area contributed by atoms with Crippen molar-refractivity contribution >= 4 is 0 Å². The zero-order valence-electron chi connectivity index (χ0n) is 10.7. The minimum atomic E-state index is 0.434. The number of nitrogens with zero attached hydrogens (tertiary/aromatic N) is 1. The molecule has 3 nitrogen and oxygen atoms in total. The van der Waals surface area contributed by atoms with Crippen molar-refractivity contribution in [3.8, 4) is 0 Å². The van der Waals surface area contributed by atoms with Crippen LogP contribution in [0.25, 0.3) is 0 Å². The molecule has 0 radical (unpaired) electrons. The van der Waals surface area contributed by atoms with E-state index >= 15 is 0 Å². The van der Waals surface area contributed by atoms with Crippen LogP contribution in [0.3, 0.4) is 0 Å². The molecule has 0 amide bonds. The van der Waals surface area contributed by atoms with E-state index < -0.39 is 0 Å². The maximum atomic E-state index is 5.96. The maximum Gasteiger partial charge on any atom is 0.0724 e. The standard InChI is InChI=1S/C13H26N2O/c1-10-5-6-15(9-13(10)16-2)8-11-3-4-12(14)7-11/h10-13H,3-9,14H2,1-2H3. The van der Waals surface area contributed by atoms with Gasteiger partial charge in [-0.05, 0) is 44.1 Å². The number of hydrogen-bond donors (Lipinski definition) is 1. The van der Waals surface area contributed by atoms with E-state index in [0.29, 0.717) is 18.1 Å². The number of ether oxygens (including phenoxy) is 1. The van der Waals surface area contributed by atoms with Crippen molar-refractivity contribution in [1.29, 1.82) is 0 Å². The highest BCUT2D eigenvalue weighted by atomic mass is 16.5. The normalized spacial score (nSPS) is 41.4. The van der Waals surface area contributed by atoms with Crippen molar-refractivity contribution in [3.05, 3.63) is 0 Å². The fourth-order valence-electron chi connectivity index (χ4n) is 3.22. The molecule has 2 N–H and O–H groups in total. The summed E-state index contributed by atoms with van der Waals surface area (Å²) in [7, 11) is 1.84. The lowest BCUT2D eigenvalue weighted by Crippen LogP contribution is -2.45. The Morgan fingerprint density at radius 1 is 1.31 bits per heavy atom. The van der Waals surface area contributed by atoms with Crippen LogP contribution < -0.4 is 5.73 Å². The molecule has 16 heavy (non-hydrogen) atoms. The molecular formula is C13H26N2O. The van der Waals surface area contributed by atoms with E-state index in [2.05, 4.69) is 11.8 Å². The summed E-state index contributed by atoms with van der Waals surface area (Å²) < 4.78 is 5.55. The van der Waals surface area contributed by atoms with E-state index in [-0.39, 0.29) is 0 Å². The summed E-state index contributed by atoms with van der Waals surface area (Å²) in [6.45, 7) is 5.90. The van der Waals surface area contributed by atoms with Crippen molar-refractivity contribution in [1.82, 2.24) is 4.90 Å². The lowest BCUT2D eigenvalue weighted by molar-refractivity contribution is -0.00903. The van der Waals surface area contributed by atoms with Crippen LogP contribution in [0.15, 0.2) is 0 Å². The minimum Gasteiger partial charge on any atom is -0.380 e. The highest BCUT2D eigenvalue weighted by Gasteiger charge is 2.29. The first-order valence-corrected chi connectivity index (χ1v) is 6.69. The first kappa shape index (κ1) is 12.3. The Morgan fingerprint density at radius 2 is 2.12 bits per heavy atom. The summed E-state index contributed by atoms with van der Waals surface area (Å²) in [5.41, 5.74) is 5.96. The fourth-order valence-corrected chi connectivity index (χ4v) is 3.22. The summed E-state index contributed by atoms with van der Waals surface area (Å²) >= 11 is 0. The van der Waals surface area contributed by atoms with Gasteiger partial charge >= 0.3 is 0 Å². The molecule has 0 bridgehead atoms. The van der Waals surface area contributed by atoms with Crippen molar-refractivity contribution < 1.29 is 4.74 Å². The van der Waals surface area contributed by atoms with Gasteiger partial charge in [0.1, 0.15) is 0 Å². The molecule has 2 fully saturated rings. The quantitative estimate of drug-likeness (QED) is 0.792. The summed E-state index contributed by atoms with van der Waals surface area (Å²) in [4.78, 5) is 2.58. The first-order valence-electron chi connectivity index (χ1n) is 6.69. The third kappa shape index (κ3) is 2.96. The van der Waals surface area contributed by atoms with Gasteiger partial charge in [0.15, 0.2) is 0 Å². The van der Waals surface area contributed by atoms with Crippen LogP contribution in [0.2, 0.25) is 0 Å². The van der Waals surface area contributed by atoms with E-state index in [1.807, 2.05) is 7.11 Å². The van der Waals surface area contributed by atoms with Crippen LogP contribution in [0.1, 0.15) is 32.6 Å². The van der Waals surface area contributed by atoms with Crippen molar-refractivity contribution in [3.63, 3.8) is 0 Å². The third-order valence-corrected chi connectivity index (χ3v) is 4.37. The molecule has 1 saturated carbocycles. The number of rotatable bonds is 3. The van der Waals surface area contributed by atoms with Crippen LogP contribution in [0.5, 0.6) is 0 Å². The van der Waals surface area contributed by atoms with Gasteiger partial charge in [0.25, 0.3) is 0 Å². The van der Waals surface area contributed by atoms with Crippen LogP contribution in [0.4, 0.5) is 0 Å². The average molecular weight is 226 g/mol. The molecular weight excluding hydrogens is 200 g/mol. The molecule has 4 unspecified atom stereocenters. The summed E-state index contributed by atoms with van der Waals surface area (Å²) in [5.74, 6) is 1.55. The Kier molecular flexibility index (Phi) is 4.22. The fraction of sp³-hybridized carbons (Fsp3) is 1.00. The van der Waals surface area contributed by atoms with Gasteiger partial charge in [-0.15, -0.1) is 0 Å². The first-order chi connectivity index (χ1) is 7.69. The number of methoxy groups -OCH3 is 1. The SMILES string of the molecule is COC1CN(CC2CCC(N)C2)CCC1C. The van der Waals surface area contributed by atoms with Crippen LogP contribution in [0, 0.1) is 11.8 Å². The number of nitrogens with two attached hydrogens (primary N) is 1. The lowest BCUT2D eigenvalue weighted by Gasteiger charge is -2.37. The molecule has 0 aromatic carbocycles. The van der Waals surface area contributed by atoms with E-state index in [1.165, 1.54) is 38.8 Å². The molecule has 94 valence electrons. The predicted molar refractivity (Wildman–Crippen MR) is 66.3 cm³/mol. The Bertz CT molecular complexity index is 222. The molecule has 1 saturated heterocycles. The molecule has 3 heteroatoms. The largest absolute Gasteiger partial charge is 0.380 e. The van der Waals surface area contributed by atoms with Gasteiger partial charge in [0, 0.05) is 26.2 Å². The Labute approximate surface area is 99.3 Å². The van der Waals surface area contributed by atoms with E-state index in [1.54, 1.807) is 0 Å². The lowest BCUT2D eigenvalue weighted by atomic mass is 9.94. The smallest absolute Gasteiger partial charge is 0.0724 e. The minimum absolute atomic E-state index is 0.434. The van der Waals surface area contributed by atoms with Gasteiger partial charge < -0.3 is 15.4 Å². The van der Waals surface area contributed by atoms with E-state index in [0.717, 1.165) is 12.5 Å². The van der Waals surface area contributed by atoms with Crippen LogP contribution in [-0.4, -0.2) is 43.8 Å². The van der Waals surface area contributed by atoms with Gasteiger partial charge in [-0.1, -0.05) is 6.92 Å². The van der Waals surface area contributed by atoms with Crippen molar-refractivity contribution in [2.24, 2.45) is 17.6 Å². The third-order valence-electron chi connectivity index (χ3n) is 4.37. The maximum absolute atomic E-state index is 5.96. The number of hydrogen-bond acceptors (Lipinski definition) is 3. The molecule has 1 heterocycles. The molecule has 0 spiro atoms. The van der Waals surface area contributed by atoms with Gasteiger partial charge in [-0.3, -0.25) is 0 Å². The van der Waals surface area contributed by atoms with Gasteiger partial charge in [-0.25, -0.2) is 0 Å². The average Bonchev–Trinajstić information content (AvgIpc) is 2.67. The molecule has 1 aliphatic heterocycles. The second-order valence-corrected chi connectivity index (χ2v) is 5.74. The Balaban J connectivity index is 1.78. The zero-order valence-corrected chi connectivity index (χ0v) is 10.7. The Morgan fingerprint density at radius 3 is 2.75 bits per heavy atom. The second-order valence-electron chi connectivity index (χ2n) is 5.74. The summed E-state index contributed by atoms with van der Waals surface area (Å²) in [5, 5.41) is 0. The molecule has 0 aromatic rings. The summed E-state index contributed by atoms with van der Waals surface area (Å²) in [6, 6.07) is 0.465.